The van der Waals surface area contributed by atoms with Crippen molar-refractivity contribution >= 4 is 21.7 Å². The maximum atomic E-state index is 11.0. The Morgan fingerprint density at radius 1 is 1.10 bits per heavy atom. The van der Waals surface area contributed by atoms with Crippen molar-refractivity contribution < 1.29 is 5.11 Å². The Hall–Kier alpha value is -2.76. The van der Waals surface area contributed by atoms with E-state index in [1.54, 1.807) is 12.4 Å². The topological polar surface area (TPSA) is 73.8 Å². The van der Waals surface area contributed by atoms with Crippen LogP contribution in [0.5, 0.6) is 0 Å². The molecule has 0 aliphatic carbocycles. The second-order valence-corrected chi connectivity index (χ2v) is 8.13. The molecule has 0 saturated carbocycles. The molecule has 2 atom stereocenters. The van der Waals surface area contributed by atoms with Gasteiger partial charge in [0.05, 0.1) is 17.3 Å². The molecular formula is C24H28N4O. The first kappa shape index (κ1) is 19.6. The minimum absolute atomic E-state index is 0.381. The van der Waals surface area contributed by atoms with Crippen LogP contribution in [0.3, 0.4) is 0 Å². The number of nitrogens with zero attached hydrogens (tertiary/aromatic N) is 2. The van der Waals surface area contributed by atoms with Crippen molar-refractivity contribution in [2.45, 2.75) is 51.3 Å². The van der Waals surface area contributed by atoms with Crippen LogP contribution in [0.2, 0.25) is 0 Å². The molecule has 0 amide bonds. The summed E-state index contributed by atoms with van der Waals surface area (Å²) in [5.74, 6) is 0. The molecule has 0 bridgehead atoms. The number of nitrogens with one attached hydrogen (secondary N) is 2. The Kier molecular flexibility index (Phi) is 5.60. The molecule has 5 nitrogen and oxygen atoms in total. The summed E-state index contributed by atoms with van der Waals surface area (Å²) in [6.07, 6.45) is 11.9. The van der Waals surface area contributed by atoms with Crippen LogP contribution in [-0.4, -0.2) is 26.1 Å². The van der Waals surface area contributed by atoms with E-state index in [4.69, 9.17) is 0 Å². The summed E-state index contributed by atoms with van der Waals surface area (Å²) in [6, 6.07) is 10.9. The normalized spacial score (nSPS) is 14.9. The van der Waals surface area contributed by atoms with Crippen LogP contribution in [0.1, 0.15) is 44.2 Å². The van der Waals surface area contributed by atoms with Crippen molar-refractivity contribution in [2.75, 3.05) is 0 Å². The Bertz CT molecular complexity index is 1100. The number of hydrogen-bond donors (Lipinski definition) is 3. The molecule has 0 saturated heterocycles. The molecule has 3 N–H and O–H groups in total. The highest BCUT2D eigenvalue weighted by Crippen LogP contribution is 2.32. The van der Waals surface area contributed by atoms with Crippen LogP contribution in [-0.2, 0) is 12.1 Å². The summed E-state index contributed by atoms with van der Waals surface area (Å²) < 4.78 is 0. The van der Waals surface area contributed by atoms with Crippen molar-refractivity contribution in [3.63, 3.8) is 0 Å². The van der Waals surface area contributed by atoms with Crippen molar-refractivity contribution in [3.05, 3.63) is 72.4 Å². The Labute approximate surface area is 171 Å². The average Bonchev–Trinajstić information content (AvgIpc) is 3.17. The molecule has 150 valence electrons. The molecule has 29 heavy (non-hydrogen) atoms. The van der Waals surface area contributed by atoms with E-state index in [9.17, 15) is 5.11 Å². The van der Waals surface area contributed by atoms with Crippen molar-refractivity contribution in [3.8, 4) is 0 Å². The minimum atomic E-state index is -0.855. The third-order valence-electron chi connectivity index (χ3n) is 5.72. The van der Waals surface area contributed by atoms with Gasteiger partial charge in [-0.3, -0.25) is 9.97 Å². The lowest BCUT2D eigenvalue weighted by molar-refractivity contribution is 0.0459. The summed E-state index contributed by atoms with van der Waals surface area (Å²) in [5.41, 5.74) is 2.33. The molecule has 5 heteroatoms. The second kappa shape index (κ2) is 8.31. The highest BCUT2D eigenvalue weighted by molar-refractivity contribution is 5.83. The van der Waals surface area contributed by atoms with E-state index in [1.165, 1.54) is 16.3 Å². The standard InChI is InChI=1S/C24H28N4O/c1-17(27-13-18-5-6-20-14-25-10-7-19(20)12-18)4-3-9-24(2,29)22-15-28-23-16-26-11-8-21(22)23/h5-8,10-12,14-17,27-29H,3-4,9,13H2,1-2H3/t17-,24?/m1/s1. The first-order chi connectivity index (χ1) is 14.0. The number of fused-ring (bicyclic) bond motifs is 2. The van der Waals surface area contributed by atoms with Gasteiger partial charge in [-0.25, -0.2) is 0 Å². The average molecular weight is 389 g/mol. The molecule has 4 aromatic rings. The van der Waals surface area contributed by atoms with Crippen LogP contribution in [0.15, 0.2) is 61.3 Å². The highest BCUT2D eigenvalue weighted by Gasteiger charge is 2.26. The third-order valence-corrected chi connectivity index (χ3v) is 5.72. The molecule has 0 radical (unpaired) electrons. The number of benzene rings is 1. The van der Waals surface area contributed by atoms with E-state index in [-0.39, 0.29) is 0 Å². The summed E-state index contributed by atoms with van der Waals surface area (Å²) in [4.78, 5) is 11.5. The fourth-order valence-electron chi connectivity index (χ4n) is 3.94. The van der Waals surface area contributed by atoms with E-state index >= 15 is 0 Å². The van der Waals surface area contributed by atoms with Crippen molar-refractivity contribution in [2.24, 2.45) is 0 Å². The first-order valence-electron chi connectivity index (χ1n) is 10.2. The highest BCUT2D eigenvalue weighted by atomic mass is 16.3. The molecule has 3 aromatic heterocycles. The summed E-state index contributed by atoms with van der Waals surface area (Å²) in [5, 5.41) is 18.1. The smallest absolute Gasteiger partial charge is 0.0889 e. The summed E-state index contributed by atoms with van der Waals surface area (Å²) in [7, 11) is 0. The fraction of sp³-hybridized carbons (Fsp3) is 0.333. The van der Waals surface area contributed by atoms with Crippen LogP contribution in [0.4, 0.5) is 0 Å². The van der Waals surface area contributed by atoms with Crippen molar-refractivity contribution in [1.82, 2.24) is 20.3 Å². The lowest BCUT2D eigenvalue weighted by Gasteiger charge is -2.24. The van der Waals surface area contributed by atoms with Gasteiger partial charge in [-0.1, -0.05) is 12.1 Å². The lowest BCUT2D eigenvalue weighted by Crippen LogP contribution is -2.27. The molecule has 0 fully saturated rings. The Morgan fingerprint density at radius 3 is 2.83 bits per heavy atom. The van der Waals surface area contributed by atoms with Crippen LogP contribution in [0.25, 0.3) is 21.7 Å². The number of rotatable bonds is 8. The predicted octanol–water partition coefficient (Wildman–Crippen LogP) is 4.67. The van der Waals surface area contributed by atoms with E-state index in [0.29, 0.717) is 6.04 Å². The zero-order chi connectivity index (χ0) is 20.3. The van der Waals surface area contributed by atoms with E-state index in [1.807, 2.05) is 37.6 Å². The number of aromatic amines is 1. The zero-order valence-corrected chi connectivity index (χ0v) is 17.0. The predicted molar refractivity (Wildman–Crippen MR) is 118 cm³/mol. The van der Waals surface area contributed by atoms with Gasteiger partial charge in [0, 0.05) is 53.7 Å². The maximum Gasteiger partial charge on any atom is 0.0889 e. The van der Waals surface area contributed by atoms with Gasteiger partial charge in [-0.2, -0.15) is 0 Å². The third kappa shape index (κ3) is 4.47. The molecule has 0 aliphatic heterocycles. The second-order valence-electron chi connectivity index (χ2n) is 8.13. The van der Waals surface area contributed by atoms with Gasteiger partial charge in [-0.05, 0) is 62.3 Å². The lowest BCUT2D eigenvalue weighted by atomic mass is 9.90. The monoisotopic (exact) mass is 388 g/mol. The SMILES string of the molecule is C[C@H](CCCC(C)(O)c1c[nH]c2cnccc12)NCc1ccc2cnccc2c1. The van der Waals surface area contributed by atoms with Crippen LogP contribution < -0.4 is 5.32 Å². The quantitative estimate of drug-likeness (QED) is 0.410. The summed E-state index contributed by atoms with van der Waals surface area (Å²) in [6.45, 7) is 4.94. The van der Waals surface area contributed by atoms with Crippen molar-refractivity contribution in [1.29, 1.82) is 0 Å². The Balaban J connectivity index is 1.29. The summed E-state index contributed by atoms with van der Waals surface area (Å²) >= 11 is 0. The van der Waals surface area contributed by atoms with Gasteiger partial charge in [0.15, 0.2) is 0 Å². The minimum Gasteiger partial charge on any atom is -0.385 e. The number of pyridine rings is 2. The van der Waals surface area contributed by atoms with Gasteiger partial charge < -0.3 is 15.4 Å². The molecule has 3 heterocycles. The largest absolute Gasteiger partial charge is 0.385 e. The molecule has 4 rings (SSSR count). The molecule has 1 aromatic carbocycles. The molecule has 0 spiro atoms. The number of aliphatic hydroxyl groups is 1. The first-order valence-corrected chi connectivity index (χ1v) is 10.2. The van der Waals surface area contributed by atoms with Gasteiger partial charge in [-0.15, -0.1) is 0 Å². The number of hydrogen-bond acceptors (Lipinski definition) is 4. The van der Waals surface area contributed by atoms with Gasteiger partial charge >= 0.3 is 0 Å². The van der Waals surface area contributed by atoms with Gasteiger partial charge in [0.25, 0.3) is 0 Å². The zero-order valence-electron chi connectivity index (χ0n) is 17.0. The van der Waals surface area contributed by atoms with Gasteiger partial charge in [0.1, 0.15) is 0 Å². The molecular weight excluding hydrogens is 360 g/mol. The van der Waals surface area contributed by atoms with Crippen LogP contribution >= 0.6 is 0 Å². The number of aromatic nitrogens is 3. The molecule has 0 aliphatic rings. The maximum absolute atomic E-state index is 11.0. The Morgan fingerprint density at radius 2 is 1.93 bits per heavy atom. The molecule has 1 unspecified atom stereocenters. The van der Waals surface area contributed by atoms with E-state index < -0.39 is 5.60 Å². The van der Waals surface area contributed by atoms with E-state index in [2.05, 4.69) is 45.4 Å². The van der Waals surface area contributed by atoms with Crippen LogP contribution in [0, 0.1) is 0 Å². The fourth-order valence-corrected chi connectivity index (χ4v) is 3.94. The van der Waals surface area contributed by atoms with Gasteiger partial charge in [0.2, 0.25) is 0 Å². The van der Waals surface area contributed by atoms with E-state index in [0.717, 1.165) is 42.3 Å². The number of H-pyrrole nitrogens is 1.